The van der Waals surface area contributed by atoms with Gasteiger partial charge in [-0.25, -0.2) is 4.39 Å². The van der Waals surface area contributed by atoms with Crippen LogP contribution < -0.4 is 16.4 Å². The molecule has 30 heavy (non-hydrogen) atoms. The lowest BCUT2D eigenvalue weighted by atomic mass is 9.99. The Bertz CT molecular complexity index is 1030. The molecule has 0 atom stereocenters. The summed E-state index contributed by atoms with van der Waals surface area (Å²) in [5.41, 5.74) is 10.9. The van der Waals surface area contributed by atoms with Crippen molar-refractivity contribution in [3.63, 3.8) is 0 Å². The lowest BCUT2D eigenvalue weighted by Crippen LogP contribution is -2.23. The normalized spacial score (nSPS) is 13.5. The van der Waals surface area contributed by atoms with E-state index in [9.17, 15) is 9.18 Å². The number of hydrogen-bond donors (Lipinski definition) is 4. The average molecular weight is 409 g/mol. The highest BCUT2D eigenvalue weighted by Crippen LogP contribution is 2.34. The zero-order valence-corrected chi connectivity index (χ0v) is 17.2. The Labute approximate surface area is 176 Å². The smallest absolute Gasteiger partial charge is 0.252 e. The van der Waals surface area contributed by atoms with Gasteiger partial charge in [-0.2, -0.15) is 0 Å². The Morgan fingerprint density at radius 2 is 1.87 bits per heavy atom. The monoisotopic (exact) mass is 408 g/mol. The summed E-state index contributed by atoms with van der Waals surface area (Å²) in [5, 5.41) is 7.19. The quantitative estimate of drug-likeness (QED) is 0.406. The zero-order valence-electron chi connectivity index (χ0n) is 17.2. The average Bonchev–Trinajstić information content (AvgIpc) is 3.02. The number of halogens is 1. The number of amides is 1. The highest BCUT2D eigenvalue weighted by molar-refractivity contribution is 6.10. The molecule has 158 valence electrons. The number of nitrogens with one attached hydrogen (secondary N) is 3. The van der Waals surface area contributed by atoms with E-state index in [2.05, 4.69) is 39.9 Å². The number of aromatic amines is 1. The van der Waals surface area contributed by atoms with Gasteiger partial charge in [0.1, 0.15) is 5.82 Å². The molecule has 4 rings (SSSR count). The Morgan fingerprint density at radius 1 is 1.07 bits per heavy atom. The van der Waals surface area contributed by atoms with Gasteiger partial charge in [0, 0.05) is 29.7 Å². The van der Waals surface area contributed by atoms with E-state index in [4.69, 9.17) is 5.73 Å². The second kappa shape index (κ2) is 9.41. The SMILES string of the molecule is NCCCCCCNCc1ccc(-c2[nH]c3cc(F)cc4c3c2CCNC4=O)cc1. The molecule has 0 saturated carbocycles. The molecule has 3 aromatic rings. The standard InChI is InChI=1S/C24H29FN4O/c25-18-13-20-22-19(9-12-28-24(20)30)23(29-21(22)14-18)17-7-5-16(6-8-17)15-27-11-4-2-1-3-10-26/h5-8,13-14,27,29H,1-4,9-12,15,26H2,(H,28,30). The van der Waals surface area contributed by atoms with Crippen LogP contribution in [0.15, 0.2) is 36.4 Å². The summed E-state index contributed by atoms with van der Waals surface area (Å²) in [6, 6.07) is 11.2. The molecule has 1 aliphatic heterocycles. The van der Waals surface area contributed by atoms with Crippen LogP contribution in [0.4, 0.5) is 4.39 Å². The van der Waals surface area contributed by atoms with E-state index in [1.165, 1.54) is 37.0 Å². The number of carbonyl (C=O) groups is 1. The van der Waals surface area contributed by atoms with Crippen molar-refractivity contribution in [2.24, 2.45) is 5.73 Å². The highest BCUT2D eigenvalue weighted by atomic mass is 19.1. The third-order valence-electron chi connectivity index (χ3n) is 5.75. The number of hydrogen-bond acceptors (Lipinski definition) is 3. The fourth-order valence-electron chi connectivity index (χ4n) is 4.21. The van der Waals surface area contributed by atoms with Crippen LogP contribution in [0.5, 0.6) is 0 Å². The lowest BCUT2D eigenvalue weighted by Gasteiger charge is -2.07. The van der Waals surface area contributed by atoms with E-state index < -0.39 is 5.82 Å². The highest BCUT2D eigenvalue weighted by Gasteiger charge is 2.23. The molecule has 0 aliphatic carbocycles. The lowest BCUT2D eigenvalue weighted by molar-refractivity contribution is 0.0957. The van der Waals surface area contributed by atoms with Gasteiger partial charge >= 0.3 is 0 Å². The summed E-state index contributed by atoms with van der Waals surface area (Å²) in [6.45, 7) is 3.17. The Kier molecular flexibility index (Phi) is 6.45. The number of aromatic nitrogens is 1. The summed E-state index contributed by atoms with van der Waals surface area (Å²) in [5.74, 6) is -0.619. The van der Waals surface area contributed by atoms with E-state index in [1.54, 1.807) is 0 Å². The zero-order chi connectivity index (χ0) is 20.9. The van der Waals surface area contributed by atoms with Crippen molar-refractivity contribution in [3.05, 3.63) is 58.9 Å². The number of nitrogens with two attached hydrogens (primary N) is 1. The van der Waals surface area contributed by atoms with Crippen LogP contribution in [0.2, 0.25) is 0 Å². The molecule has 2 aromatic carbocycles. The van der Waals surface area contributed by atoms with Gasteiger partial charge in [-0.15, -0.1) is 0 Å². The number of benzene rings is 2. The van der Waals surface area contributed by atoms with Crippen molar-refractivity contribution in [2.75, 3.05) is 19.6 Å². The largest absolute Gasteiger partial charge is 0.354 e. The Hall–Kier alpha value is -2.70. The van der Waals surface area contributed by atoms with Gasteiger partial charge in [-0.1, -0.05) is 37.1 Å². The van der Waals surface area contributed by atoms with Gasteiger partial charge in [0.2, 0.25) is 0 Å². The van der Waals surface area contributed by atoms with Gasteiger partial charge in [0.05, 0.1) is 5.56 Å². The van der Waals surface area contributed by atoms with Gasteiger partial charge in [-0.05, 0) is 61.2 Å². The molecule has 1 aromatic heterocycles. The first kappa shape index (κ1) is 20.6. The van der Waals surface area contributed by atoms with Crippen LogP contribution in [0.25, 0.3) is 22.2 Å². The first-order valence-corrected chi connectivity index (χ1v) is 10.8. The fourth-order valence-corrected chi connectivity index (χ4v) is 4.21. The Balaban J connectivity index is 1.49. The van der Waals surface area contributed by atoms with Crippen molar-refractivity contribution in [3.8, 4) is 11.3 Å². The summed E-state index contributed by atoms with van der Waals surface area (Å²) >= 11 is 0. The molecule has 2 heterocycles. The van der Waals surface area contributed by atoms with Gasteiger partial charge in [-0.3, -0.25) is 4.79 Å². The summed E-state index contributed by atoms with van der Waals surface area (Å²) in [6.07, 6.45) is 5.41. The van der Waals surface area contributed by atoms with Crippen molar-refractivity contribution in [1.82, 2.24) is 15.6 Å². The van der Waals surface area contributed by atoms with Crippen LogP contribution >= 0.6 is 0 Å². The molecule has 0 fully saturated rings. The maximum Gasteiger partial charge on any atom is 0.252 e. The second-order valence-corrected chi connectivity index (χ2v) is 7.94. The molecule has 0 unspecified atom stereocenters. The number of carbonyl (C=O) groups excluding carboxylic acids is 1. The third kappa shape index (κ3) is 4.40. The summed E-state index contributed by atoms with van der Waals surface area (Å²) < 4.78 is 14.0. The van der Waals surface area contributed by atoms with Crippen molar-refractivity contribution in [2.45, 2.75) is 38.6 Å². The second-order valence-electron chi connectivity index (χ2n) is 7.94. The molecule has 0 bridgehead atoms. The van der Waals surface area contributed by atoms with E-state index >= 15 is 0 Å². The molecular formula is C24H29FN4O. The van der Waals surface area contributed by atoms with E-state index in [0.717, 1.165) is 48.3 Å². The maximum absolute atomic E-state index is 14.0. The van der Waals surface area contributed by atoms with Crippen LogP contribution in [-0.2, 0) is 13.0 Å². The molecule has 0 spiro atoms. The van der Waals surface area contributed by atoms with Crippen molar-refractivity contribution >= 4 is 16.8 Å². The molecule has 1 aliphatic rings. The first-order valence-electron chi connectivity index (χ1n) is 10.8. The minimum absolute atomic E-state index is 0.215. The molecular weight excluding hydrogens is 379 g/mol. The van der Waals surface area contributed by atoms with Crippen LogP contribution in [0.1, 0.15) is 47.2 Å². The van der Waals surface area contributed by atoms with Crippen molar-refractivity contribution in [1.29, 1.82) is 0 Å². The minimum Gasteiger partial charge on any atom is -0.354 e. The fraction of sp³-hybridized carbons (Fsp3) is 0.375. The molecule has 1 amide bonds. The summed E-state index contributed by atoms with van der Waals surface area (Å²) in [4.78, 5) is 15.7. The first-order chi connectivity index (χ1) is 14.7. The van der Waals surface area contributed by atoms with E-state index in [1.807, 2.05) is 0 Å². The molecule has 5 N–H and O–H groups in total. The predicted octanol–water partition coefficient (Wildman–Crippen LogP) is 3.87. The van der Waals surface area contributed by atoms with Gasteiger partial charge < -0.3 is 21.4 Å². The Morgan fingerprint density at radius 3 is 2.67 bits per heavy atom. The van der Waals surface area contributed by atoms with Crippen molar-refractivity contribution < 1.29 is 9.18 Å². The molecule has 6 heteroatoms. The minimum atomic E-state index is -0.404. The predicted molar refractivity (Wildman–Crippen MR) is 119 cm³/mol. The van der Waals surface area contributed by atoms with Gasteiger partial charge in [0.15, 0.2) is 0 Å². The van der Waals surface area contributed by atoms with Crippen LogP contribution in [0, 0.1) is 5.82 Å². The third-order valence-corrected chi connectivity index (χ3v) is 5.75. The van der Waals surface area contributed by atoms with E-state index in [0.29, 0.717) is 24.0 Å². The van der Waals surface area contributed by atoms with Crippen LogP contribution in [-0.4, -0.2) is 30.5 Å². The number of H-pyrrole nitrogens is 1. The summed E-state index contributed by atoms with van der Waals surface area (Å²) in [7, 11) is 0. The molecule has 5 nitrogen and oxygen atoms in total. The van der Waals surface area contributed by atoms with Gasteiger partial charge in [0.25, 0.3) is 5.91 Å². The number of unbranched alkanes of at least 4 members (excludes halogenated alkanes) is 3. The number of rotatable bonds is 9. The molecule has 0 saturated heterocycles. The van der Waals surface area contributed by atoms with E-state index in [-0.39, 0.29) is 5.91 Å². The van der Waals surface area contributed by atoms with Crippen LogP contribution in [0.3, 0.4) is 0 Å². The maximum atomic E-state index is 14.0. The molecule has 0 radical (unpaired) electrons. The topological polar surface area (TPSA) is 82.9 Å².